The highest BCUT2D eigenvalue weighted by Gasteiger charge is 2.08. The fraction of sp³-hybridized carbons (Fsp3) is 0.250. The second-order valence-corrected chi connectivity index (χ2v) is 4.25. The summed E-state index contributed by atoms with van der Waals surface area (Å²) < 4.78 is 1.26. The van der Waals surface area contributed by atoms with E-state index in [1.807, 2.05) is 12.1 Å². The quantitative estimate of drug-likeness (QED) is 0.691. The molecule has 1 aromatic heterocycles. The summed E-state index contributed by atoms with van der Waals surface area (Å²) in [5.74, 6) is 0. The van der Waals surface area contributed by atoms with Crippen molar-refractivity contribution >= 4 is 21.4 Å². The zero-order valence-corrected chi connectivity index (χ0v) is 9.11. The summed E-state index contributed by atoms with van der Waals surface area (Å²) in [5.41, 5.74) is 3.43. The molecule has 0 spiro atoms. The number of fused-ring (bicyclic) bond motifs is 1. The average molecular weight is 201 g/mol. The van der Waals surface area contributed by atoms with Gasteiger partial charge in [-0.15, -0.1) is 11.3 Å². The third kappa shape index (κ3) is 1.21. The number of nitriles is 1. The molecule has 0 fully saturated rings. The molecule has 14 heavy (non-hydrogen) atoms. The smallest absolute Gasteiger partial charge is 0.0998 e. The van der Waals surface area contributed by atoms with Crippen molar-refractivity contribution in [1.29, 1.82) is 5.26 Å². The van der Waals surface area contributed by atoms with E-state index < -0.39 is 0 Å². The lowest BCUT2D eigenvalue weighted by molar-refractivity contribution is 1.12. The zero-order valence-electron chi connectivity index (χ0n) is 8.29. The van der Waals surface area contributed by atoms with E-state index in [0.717, 1.165) is 17.4 Å². The first-order valence-corrected chi connectivity index (χ1v) is 5.55. The lowest BCUT2D eigenvalue weighted by Gasteiger charge is -2.05. The standard InChI is InChI=1S/C12H11NS/c1-3-9-6-10(7-13)11-4-5-14-12(11)8(9)2/h4-6H,3H2,1-2H3. The molecular weight excluding hydrogens is 190 g/mol. The minimum atomic E-state index is 0.809. The van der Waals surface area contributed by atoms with Gasteiger partial charge in [0.05, 0.1) is 11.6 Å². The number of rotatable bonds is 1. The highest BCUT2D eigenvalue weighted by atomic mass is 32.1. The number of thiophene rings is 1. The van der Waals surface area contributed by atoms with Crippen molar-refractivity contribution in [2.75, 3.05) is 0 Å². The van der Waals surface area contributed by atoms with Crippen LogP contribution in [0.2, 0.25) is 0 Å². The van der Waals surface area contributed by atoms with Crippen LogP contribution in [0.3, 0.4) is 0 Å². The largest absolute Gasteiger partial charge is 0.192 e. The topological polar surface area (TPSA) is 23.8 Å². The Morgan fingerprint density at radius 1 is 1.50 bits per heavy atom. The van der Waals surface area contributed by atoms with Gasteiger partial charge in [0.15, 0.2) is 0 Å². The Bertz CT molecular complexity index is 517. The molecule has 0 atom stereocenters. The van der Waals surface area contributed by atoms with E-state index in [2.05, 4.69) is 25.3 Å². The van der Waals surface area contributed by atoms with Gasteiger partial charge in [-0.05, 0) is 42.0 Å². The molecule has 2 rings (SSSR count). The zero-order chi connectivity index (χ0) is 10.1. The van der Waals surface area contributed by atoms with E-state index in [1.54, 1.807) is 11.3 Å². The fourth-order valence-corrected chi connectivity index (χ4v) is 2.73. The van der Waals surface area contributed by atoms with Crippen LogP contribution in [0.25, 0.3) is 10.1 Å². The summed E-state index contributed by atoms with van der Waals surface area (Å²) in [6.45, 7) is 4.27. The van der Waals surface area contributed by atoms with Crippen LogP contribution in [-0.4, -0.2) is 0 Å². The van der Waals surface area contributed by atoms with Crippen LogP contribution in [0.15, 0.2) is 17.5 Å². The summed E-state index contributed by atoms with van der Waals surface area (Å²) in [6, 6.07) is 6.32. The van der Waals surface area contributed by atoms with Gasteiger partial charge >= 0.3 is 0 Å². The van der Waals surface area contributed by atoms with E-state index in [4.69, 9.17) is 5.26 Å². The molecule has 2 heteroatoms. The Morgan fingerprint density at radius 3 is 2.93 bits per heavy atom. The Hall–Kier alpha value is -1.33. The third-order valence-corrected chi connectivity index (χ3v) is 3.63. The van der Waals surface area contributed by atoms with Crippen LogP contribution in [0.5, 0.6) is 0 Å². The monoisotopic (exact) mass is 201 g/mol. The van der Waals surface area contributed by atoms with E-state index >= 15 is 0 Å². The van der Waals surface area contributed by atoms with Gasteiger partial charge in [-0.25, -0.2) is 0 Å². The molecule has 0 N–H and O–H groups in total. The molecule has 0 unspecified atom stereocenters. The highest BCUT2D eigenvalue weighted by molar-refractivity contribution is 7.17. The molecule has 1 nitrogen and oxygen atoms in total. The van der Waals surface area contributed by atoms with E-state index in [9.17, 15) is 0 Å². The first-order valence-electron chi connectivity index (χ1n) is 4.67. The average Bonchev–Trinajstić information content (AvgIpc) is 2.68. The van der Waals surface area contributed by atoms with Gasteiger partial charge in [-0.2, -0.15) is 5.26 Å². The molecule has 1 aromatic carbocycles. The van der Waals surface area contributed by atoms with Crippen molar-refractivity contribution in [3.63, 3.8) is 0 Å². The number of benzene rings is 1. The van der Waals surface area contributed by atoms with Crippen LogP contribution < -0.4 is 0 Å². The summed E-state index contributed by atoms with van der Waals surface area (Å²) in [4.78, 5) is 0. The molecule has 1 heterocycles. The van der Waals surface area contributed by atoms with E-state index in [-0.39, 0.29) is 0 Å². The predicted molar refractivity (Wildman–Crippen MR) is 60.7 cm³/mol. The summed E-state index contributed by atoms with van der Waals surface area (Å²) in [7, 11) is 0. The molecule has 0 saturated heterocycles. The maximum absolute atomic E-state index is 9.02. The van der Waals surface area contributed by atoms with Gasteiger partial charge in [0, 0.05) is 10.1 Å². The van der Waals surface area contributed by atoms with Gasteiger partial charge in [0.2, 0.25) is 0 Å². The number of hydrogen-bond acceptors (Lipinski definition) is 2. The van der Waals surface area contributed by atoms with Crippen molar-refractivity contribution in [2.24, 2.45) is 0 Å². The Balaban J connectivity index is 2.89. The second kappa shape index (κ2) is 3.43. The maximum Gasteiger partial charge on any atom is 0.0998 e. The molecule has 0 bridgehead atoms. The summed E-state index contributed by atoms with van der Waals surface area (Å²) in [6.07, 6.45) is 0.994. The fourth-order valence-electron chi connectivity index (χ4n) is 1.78. The van der Waals surface area contributed by atoms with Gasteiger partial charge in [0.25, 0.3) is 0 Å². The molecule has 0 saturated carbocycles. The van der Waals surface area contributed by atoms with Crippen LogP contribution in [-0.2, 0) is 6.42 Å². The number of aryl methyl sites for hydroxylation is 2. The molecule has 0 aliphatic rings. The molecule has 0 radical (unpaired) electrons. The molecule has 0 aliphatic carbocycles. The van der Waals surface area contributed by atoms with Crippen LogP contribution in [0.1, 0.15) is 23.6 Å². The van der Waals surface area contributed by atoms with Crippen LogP contribution in [0.4, 0.5) is 0 Å². The maximum atomic E-state index is 9.02. The van der Waals surface area contributed by atoms with Gasteiger partial charge in [-0.1, -0.05) is 6.92 Å². The Labute approximate surface area is 87.6 Å². The van der Waals surface area contributed by atoms with Crippen LogP contribution >= 0.6 is 11.3 Å². The SMILES string of the molecule is CCc1cc(C#N)c2ccsc2c1C. The molecule has 0 amide bonds. The number of hydrogen-bond donors (Lipinski definition) is 0. The lowest BCUT2D eigenvalue weighted by Crippen LogP contribution is -1.89. The van der Waals surface area contributed by atoms with Crippen molar-refractivity contribution in [1.82, 2.24) is 0 Å². The van der Waals surface area contributed by atoms with Gasteiger partial charge < -0.3 is 0 Å². The third-order valence-electron chi connectivity index (χ3n) is 2.60. The molecular formula is C12H11NS. The van der Waals surface area contributed by atoms with Crippen molar-refractivity contribution in [3.05, 3.63) is 34.2 Å². The lowest BCUT2D eigenvalue weighted by atomic mass is 10.0. The first kappa shape index (κ1) is 9.23. The second-order valence-electron chi connectivity index (χ2n) is 3.34. The minimum absolute atomic E-state index is 0.809. The predicted octanol–water partition coefficient (Wildman–Crippen LogP) is 3.64. The first-order chi connectivity index (χ1) is 6.77. The van der Waals surface area contributed by atoms with E-state index in [0.29, 0.717) is 0 Å². The van der Waals surface area contributed by atoms with Crippen LogP contribution in [0, 0.1) is 18.3 Å². The van der Waals surface area contributed by atoms with E-state index in [1.165, 1.54) is 15.8 Å². The van der Waals surface area contributed by atoms with Gasteiger partial charge in [-0.3, -0.25) is 0 Å². The minimum Gasteiger partial charge on any atom is -0.192 e. The Kier molecular flexibility index (Phi) is 2.26. The highest BCUT2D eigenvalue weighted by Crippen LogP contribution is 2.30. The van der Waals surface area contributed by atoms with Gasteiger partial charge in [0.1, 0.15) is 0 Å². The summed E-state index contributed by atoms with van der Waals surface area (Å²) in [5, 5.41) is 12.2. The summed E-state index contributed by atoms with van der Waals surface area (Å²) >= 11 is 1.72. The van der Waals surface area contributed by atoms with Crippen molar-refractivity contribution in [2.45, 2.75) is 20.3 Å². The Morgan fingerprint density at radius 2 is 2.29 bits per heavy atom. The van der Waals surface area contributed by atoms with Crippen molar-refractivity contribution in [3.8, 4) is 6.07 Å². The molecule has 0 aliphatic heterocycles. The normalized spacial score (nSPS) is 10.4. The van der Waals surface area contributed by atoms with Crippen molar-refractivity contribution < 1.29 is 0 Å². The molecule has 2 aromatic rings. The molecule has 70 valence electrons. The number of nitrogens with zero attached hydrogens (tertiary/aromatic N) is 1.